The number of ether oxygens (including phenoxy) is 2. The number of rotatable bonds is 9. The van der Waals surface area contributed by atoms with Gasteiger partial charge in [0.15, 0.2) is 0 Å². The molecule has 0 fully saturated rings. The van der Waals surface area contributed by atoms with Gasteiger partial charge >= 0.3 is 5.97 Å². The van der Waals surface area contributed by atoms with E-state index in [4.69, 9.17) is 32.7 Å². The van der Waals surface area contributed by atoms with Gasteiger partial charge in [-0.3, -0.25) is 9.89 Å². The number of hydrogen-bond acceptors (Lipinski definition) is 5. The van der Waals surface area contributed by atoms with Crippen molar-refractivity contribution < 1.29 is 19.1 Å². The number of hydrogen-bond donors (Lipinski definition) is 1. The maximum absolute atomic E-state index is 15.1. The van der Waals surface area contributed by atoms with E-state index in [9.17, 15) is 4.79 Å². The highest BCUT2D eigenvalue weighted by Crippen LogP contribution is 2.45. The quantitative estimate of drug-likeness (QED) is 0.118. The number of nitrogens with zero attached hydrogens (tertiary/aromatic N) is 4. The van der Waals surface area contributed by atoms with Gasteiger partial charge in [-0.2, -0.15) is 5.10 Å². The van der Waals surface area contributed by atoms with Crippen molar-refractivity contribution in [3.05, 3.63) is 97.5 Å². The molecule has 1 aliphatic heterocycles. The number of carbonyl (C=O) groups excluding carboxylic acids is 2. The van der Waals surface area contributed by atoms with E-state index in [-0.39, 0.29) is 24.5 Å². The van der Waals surface area contributed by atoms with Gasteiger partial charge < -0.3 is 23.5 Å². The molecule has 1 N–H and O–H groups in total. The fourth-order valence-corrected chi connectivity index (χ4v) is 8.38. The summed E-state index contributed by atoms with van der Waals surface area (Å²) in [5.74, 6) is 0.277. The summed E-state index contributed by atoms with van der Waals surface area (Å²) >= 11 is 13.5. The number of amides is 1. The first-order valence-electron chi connectivity index (χ1n) is 17.7. The lowest BCUT2D eigenvalue weighted by molar-refractivity contribution is 0.0526. The van der Waals surface area contributed by atoms with Crippen molar-refractivity contribution in [3.63, 3.8) is 0 Å². The molecule has 3 aromatic heterocycles. The number of anilines is 1. The maximum atomic E-state index is 15.1. The normalized spacial score (nSPS) is 14.5. The Morgan fingerprint density at radius 2 is 1.71 bits per heavy atom. The van der Waals surface area contributed by atoms with E-state index in [0.717, 1.165) is 83.0 Å². The van der Waals surface area contributed by atoms with Gasteiger partial charge in [0.2, 0.25) is 0 Å². The average Bonchev–Trinajstić information content (AvgIpc) is 3.74. The van der Waals surface area contributed by atoms with E-state index in [2.05, 4.69) is 21.7 Å². The smallest absolute Gasteiger partial charge is 0.338 e. The van der Waals surface area contributed by atoms with Crippen LogP contribution >= 0.6 is 23.2 Å². The third-order valence-corrected chi connectivity index (χ3v) is 11.1. The molecule has 0 saturated carbocycles. The number of esters is 1. The second-order valence-corrected chi connectivity index (χ2v) is 14.7. The summed E-state index contributed by atoms with van der Waals surface area (Å²) in [6.45, 7) is 15.0. The highest BCUT2D eigenvalue weighted by molar-refractivity contribution is 6.35. The standard InChI is InChI=1S/C41H43Cl2N5O4/c1-9-51-41(50)27-15-23(4)37-31(18-27)33(20-46(37)8)47-19-24(5)48-38-30(12-13-32(42)35(38)34-25(6)44-45-26(34)7)29(39(48)40(47)49)11-10-14-52-28-16-21(2)36(43)22(3)17-28/h12-13,15-18,20,24H,9-11,14,19H2,1-8H3,(H,44,45)/t24-/m1/s1. The highest BCUT2D eigenvalue weighted by atomic mass is 35.5. The largest absolute Gasteiger partial charge is 0.494 e. The molecule has 4 heterocycles. The minimum Gasteiger partial charge on any atom is -0.494 e. The summed E-state index contributed by atoms with van der Waals surface area (Å²) in [5, 5.41) is 10.8. The number of aryl methyl sites for hydroxylation is 7. The Morgan fingerprint density at radius 3 is 2.38 bits per heavy atom. The van der Waals surface area contributed by atoms with Crippen LogP contribution in [0.25, 0.3) is 32.9 Å². The van der Waals surface area contributed by atoms with Crippen LogP contribution in [0.4, 0.5) is 5.69 Å². The van der Waals surface area contributed by atoms with Gasteiger partial charge in [-0.1, -0.05) is 29.3 Å². The predicted molar refractivity (Wildman–Crippen MR) is 209 cm³/mol. The highest BCUT2D eigenvalue weighted by Gasteiger charge is 2.37. The Balaban J connectivity index is 1.37. The summed E-state index contributed by atoms with van der Waals surface area (Å²) in [7, 11) is 1.97. The number of fused-ring (bicyclic) bond motifs is 4. The summed E-state index contributed by atoms with van der Waals surface area (Å²) in [5.41, 5.74) is 11.1. The predicted octanol–water partition coefficient (Wildman–Crippen LogP) is 9.78. The summed E-state index contributed by atoms with van der Waals surface area (Å²) in [4.78, 5) is 29.8. The molecule has 1 aliphatic rings. The third-order valence-electron chi connectivity index (χ3n) is 10.2. The molecule has 11 heteroatoms. The first-order valence-corrected chi connectivity index (χ1v) is 18.4. The Hall–Kier alpha value is -4.73. The maximum Gasteiger partial charge on any atom is 0.338 e. The second kappa shape index (κ2) is 13.7. The lowest BCUT2D eigenvalue weighted by Gasteiger charge is -2.34. The van der Waals surface area contributed by atoms with Crippen molar-refractivity contribution in [2.45, 2.75) is 67.3 Å². The van der Waals surface area contributed by atoms with Crippen LogP contribution < -0.4 is 9.64 Å². The molecular formula is C41H43Cl2N5O4. The monoisotopic (exact) mass is 739 g/mol. The zero-order chi connectivity index (χ0) is 37.2. The Bertz CT molecular complexity index is 2380. The number of aromatic nitrogens is 4. The topological polar surface area (TPSA) is 94.4 Å². The number of benzene rings is 3. The van der Waals surface area contributed by atoms with Crippen molar-refractivity contribution in [2.75, 3.05) is 24.7 Å². The van der Waals surface area contributed by atoms with E-state index in [1.54, 1.807) is 6.92 Å². The van der Waals surface area contributed by atoms with Gasteiger partial charge in [-0.05, 0) is 114 Å². The van der Waals surface area contributed by atoms with Gasteiger partial charge in [0.1, 0.15) is 11.4 Å². The molecular weight excluding hydrogens is 697 g/mol. The van der Waals surface area contributed by atoms with Gasteiger partial charge in [-0.25, -0.2) is 4.79 Å². The third kappa shape index (κ3) is 5.84. The van der Waals surface area contributed by atoms with Crippen molar-refractivity contribution >= 4 is 62.6 Å². The van der Waals surface area contributed by atoms with Crippen molar-refractivity contribution in [1.29, 1.82) is 0 Å². The van der Waals surface area contributed by atoms with Crippen molar-refractivity contribution in [3.8, 4) is 16.9 Å². The molecule has 52 heavy (non-hydrogen) atoms. The van der Waals surface area contributed by atoms with Gasteiger partial charge in [0.05, 0.1) is 46.2 Å². The van der Waals surface area contributed by atoms with E-state index >= 15 is 4.79 Å². The lowest BCUT2D eigenvalue weighted by Crippen LogP contribution is -2.42. The zero-order valence-electron chi connectivity index (χ0n) is 30.8. The van der Waals surface area contributed by atoms with E-state index in [0.29, 0.717) is 42.3 Å². The van der Waals surface area contributed by atoms with Gasteiger partial charge in [0, 0.05) is 58.4 Å². The first-order chi connectivity index (χ1) is 24.8. The van der Waals surface area contributed by atoms with E-state index in [1.165, 1.54) is 0 Å². The number of H-pyrrole nitrogens is 1. The molecule has 1 atom stereocenters. The summed E-state index contributed by atoms with van der Waals surface area (Å²) in [6.07, 6.45) is 3.26. The zero-order valence-corrected chi connectivity index (χ0v) is 32.3. The molecule has 0 aliphatic carbocycles. The summed E-state index contributed by atoms with van der Waals surface area (Å²) < 4.78 is 15.8. The fraction of sp³-hybridized carbons (Fsp3) is 0.341. The Kier molecular flexibility index (Phi) is 9.38. The minimum absolute atomic E-state index is 0.108. The van der Waals surface area contributed by atoms with Crippen LogP contribution in [0.15, 0.2) is 42.6 Å². The van der Waals surface area contributed by atoms with E-state index in [1.807, 2.05) is 93.7 Å². The Labute approximate surface area is 313 Å². The first kappa shape index (κ1) is 35.7. The molecule has 0 bridgehead atoms. The number of nitrogens with one attached hydrogen (secondary N) is 1. The van der Waals surface area contributed by atoms with Gasteiger partial charge in [0.25, 0.3) is 5.91 Å². The molecule has 1 amide bonds. The molecule has 6 aromatic rings. The second-order valence-electron chi connectivity index (χ2n) is 13.9. The van der Waals surface area contributed by atoms with Crippen LogP contribution in [-0.2, 0) is 18.2 Å². The molecule has 3 aromatic carbocycles. The fourth-order valence-electron chi connectivity index (χ4n) is 8.03. The van der Waals surface area contributed by atoms with Crippen LogP contribution in [0.2, 0.25) is 10.0 Å². The van der Waals surface area contributed by atoms with Crippen LogP contribution in [0.1, 0.15) is 80.8 Å². The average molecular weight is 741 g/mol. The minimum atomic E-state index is -0.386. The van der Waals surface area contributed by atoms with Crippen LogP contribution in [-0.4, -0.2) is 51.0 Å². The van der Waals surface area contributed by atoms with Crippen LogP contribution in [0.3, 0.4) is 0 Å². The van der Waals surface area contributed by atoms with Crippen LogP contribution in [0, 0.1) is 34.6 Å². The molecule has 0 spiro atoms. The summed E-state index contributed by atoms with van der Waals surface area (Å²) in [6, 6.07) is 11.5. The molecule has 7 rings (SSSR count). The Morgan fingerprint density at radius 1 is 0.981 bits per heavy atom. The molecule has 0 saturated heterocycles. The van der Waals surface area contributed by atoms with Crippen molar-refractivity contribution in [1.82, 2.24) is 19.3 Å². The molecule has 0 unspecified atom stereocenters. The van der Waals surface area contributed by atoms with Crippen LogP contribution in [0.5, 0.6) is 5.75 Å². The molecule has 9 nitrogen and oxygen atoms in total. The van der Waals surface area contributed by atoms with Gasteiger partial charge in [-0.15, -0.1) is 0 Å². The number of halogens is 2. The number of aromatic amines is 1. The SMILES string of the molecule is CCOC(=O)c1cc(C)c2c(c1)c(N1C[C@@H](C)n3c(c(CCCOc4cc(C)c(Cl)c(C)c4)c4ccc(Cl)c(-c5c(C)n[nH]c5C)c43)C1=O)cn2C. The molecule has 0 radical (unpaired) electrons. The van der Waals surface area contributed by atoms with Crippen molar-refractivity contribution in [2.24, 2.45) is 7.05 Å². The lowest BCUT2D eigenvalue weighted by atomic mass is 9.98. The van der Waals surface area contributed by atoms with E-state index < -0.39 is 0 Å². The molecule has 270 valence electrons. The number of carbonyl (C=O) groups is 2.